The van der Waals surface area contributed by atoms with Gasteiger partial charge in [0.05, 0.1) is 40.5 Å². The van der Waals surface area contributed by atoms with Gasteiger partial charge in [0.2, 0.25) is 0 Å². The minimum atomic E-state index is -4.06. The minimum absolute atomic E-state index is 0. The number of aliphatic hydroxyl groups excluding tert-OH is 4. The van der Waals surface area contributed by atoms with Crippen molar-refractivity contribution in [3.63, 3.8) is 0 Å². The smallest absolute Gasteiger partial charge is 0.748 e. The van der Waals surface area contributed by atoms with E-state index < -0.39 is 40.5 Å². The Morgan fingerprint density at radius 1 is 0.351 bits per heavy atom. The van der Waals surface area contributed by atoms with E-state index >= 15 is 0 Å². The SMILES string of the molecule is O=S(=O)([O-])CCCCO.O=S(=O)([O-])CCCCO.O=S(=O)([O-])CCCCO.O=S(=O)([O-])CCCCO.[Sn+4]. The monoisotopic (exact) mass is 732 g/mol. The summed E-state index contributed by atoms with van der Waals surface area (Å²) in [6.07, 6.45) is 2.52. The van der Waals surface area contributed by atoms with Gasteiger partial charge in [0.15, 0.2) is 0 Å². The maximum absolute atomic E-state index is 9.87. The number of hydrogen-bond acceptors (Lipinski definition) is 16. The van der Waals surface area contributed by atoms with Crippen molar-refractivity contribution in [2.45, 2.75) is 51.4 Å². The molecule has 21 heteroatoms. The van der Waals surface area contributed by atoms with Gasteiger partial charge in [-0.15, -0.1) is 0 Å². The summed E-state index contributed by atoms with van der Waals surface area (Å²) in [5.41, 5.74) is 0. The molecular formula is C16H36O16S4Sn. The molecule has 0 spiro atoms. The second kappa shape index (κ2) is 27.8. The van der Waals surface area contributed by atoms with Crippen LogP contribution in [0.4, 0.5) is 0 Å². The van der Waals surface area contributed by atoms with Crippen LogP contribution in [0.1, 0.15) is 51.4 Å². The fourth-order valence-corrected chi connectivity index (χ4v) is 3.79. The van der Waals surface area contributed by atoms with E-state index in [-0.39, 0.29) is 99.0 Å². The Labute approximate surface area is 236 Å². The maximum atomic E-state index is 9.87. The third-order valence-corrected chi connectivity index (χ3v) is 6.36. The van der Waals surface area contributed by atoms with Crippen LogP contribution in [-0.4, -0.2) is 146 Å². The van der Waals surface area contributed by atoms with Gasteiger partial charge in [0, 0.05) is 49.4 Å². The first kappa shape index (κ1) is 47.1. The molecule has 37 heavy (non-hydrogen) atoms. The molecule has 16 nitrogen and oxygen atoms in total. The summed E-state index contributed by atoms with van der Waals surface area (Å²) in [6, 6.07) is 0. The summed E-state index contributed by atoms with van der Waals surface area (Å²) in [7, 11) is -16.2. The number of unbranched alkanes of at least 4 members (excludes halogenated alkanes) is 4. The fraction of sp³-hybridized carbons (Fsp3) is 1.00. The van der Waals surface area contributed by atoms with E-state index in [2.05, 4.69) is 0 Å². The van der Waals surface area contributed by atoms with Crippen molar-refractivity contribution in [3.05, 3.63) is 0 Å². The van der Waals surface area contributed by atoms with Crippen molar-refractivity contribution in [2.75, 3.05) is 49.4 Å². The third-order valence-electron chi connectivity index (χ3n) is 3.21. The van der Waals surface area contributed by atoms with Crippen molar-refractivity contribution >= 4 is 64.4 Å². The molecule has 0 aliphatic rings. The molecule has 0 atom stereocenters. The molecule has 0 unspecified atom stereocenters. The molecule has 224 valence electrons. The quantitative estimate of drug-likeness (QED) is 0.0691. The van der Waals surface area contributed by atoms with E-state index in [0.717, 1.165) is 0 Å². The van der Waals surface area contributed by atoms with Crippen LogP contribution in [-0.2, 0) is 40.5 Å². The molecule has 0 aromatic heterocycles. The van der Waals surface area contributed by atoms with E-state index in [4.69, 9.17) is 20.4 Å². The Balaban J connectivity index is -0.000000122. The number of rotatable bonds is 16. The minimum Gasteiger partial charge on any atom is -0.748 e. The standard InChI is InChI=1S/4C4H10O4S.Sn/c4*5-3-1-2-4-9(6,7)8;/h4*5H,1-4H2,(H,6,7,8);/q;;;;+4/p-4. The van der Waals surface area contributed by atoms with E-state index in [0.29, 0.717) is 25.7 Å². The van der Waals surface area contributed by atoms with Crippen LogP contribution >= 0.6 is 0 Å². The van der Waals surface area contributed by atoms with Gasteiger partial charge in [-0.05, 0) is 51.4 Å². The third kappa shape index (κ3) is 72.3. The number of aliphatic hydroxyl groups is 4. The second-order valence-corrected chi connectivity index (χ2v) is 12.9. The molecular weight excluding hydrogens is 695 g/mol. The van der Waals surface area contributed by atoms with Gasteiger partial charge >= 0.3 is 23.9 Å². The zero-order valence-corrected chi connectivity index (χ0v) is 26.3. The fourth-order valence-electron chi connectivity index (χ4n) is 1.56. The summed E-state index contributed by atoms with van der Waals surface area (Å²) in [5, 5.41) is 32.7. The van der Waals surface area contributed by atoms with Gasteiger partial charge in [-0.1, -0.05) is 0 Å². The van der Waals surface area contributed by atoms with Crippen LogP contribution in [0, 0.1) is 0 Å². The molecule has 0 aliphatic heterocycles. The summed E-state index contributed by atoms with van der Waals surface area (Å²) in [4.78, 5) is 0. The molecule has 0 radical (unpaired) electrons. The van der Waals surface area contributed by atoms with Crippen LogP contribution in [0.15, 0.2) is 0 Å². The van der Waals surface area contributed by atoms with Crippen LogP contribution in [0.5, 0.6) is 0 Å². The van der Waals surface area contributed by atoms with Crippen LogP contribution in [0.25, 0.3) is 0 Å². The topological polar surface area (TPSA) is 310 Å². The predicted octanol–water partition coefficient (Wildman–Crippen LogP) is -3.16. The Kier molecular flexibility index (Phi) is 35.4. The van der Waals surface area contributed by atoms with Gasteiger partial charge < -0.3 is 38.6 Å². The molecule has 0 amide bonds. The van der Waals surface area contributed by atoms with Crippen molar-refractivity contribution in [1.29, 1.82) is 0 Å². The Morgan fingerprint density at radius 3 is 0.568 bits per heavy atom. The number of hydrogen-bond donors (Lipinski definition) is 4. The van der Waals surface area contributed by atoms with Crippen LogP contribution in [0.2, 0.25) is 0 Å². The van der Waals surface area contributed by atoms with E-state index in [1.807, 2.05) is 0 Å². The molecule has 0 saturated carbocycles. The first-order valence-electron chi connectivity index (χ1n) is 10.4. The van der Waals surface area contributed by atoms with Gasteiger partial charge in [-0.3, -0.25) is 0 Å². The molecule has 0 aliphatic carbocycles. The maximum Gasteiger partial charge on any atom is 4.00 e. The summed E-state index contributed by atoms with van der Waals surface area (Å²) in [6.45, 7) is -0.240. The van der Waals surface area contributed by atoms with Crippen molar-refractivity contribution in [3.8, 4) is 0 Å². The molecule has 4 N–H and O–H groups in total. The van der Waals surface area contributed by atoms with E-state index in [1.54, 1.807) is 0 Å². The van der Waals surface area contributed by atoms with Crippen molar-refractivity contribution < 1.29 is 72.3 Å². The Hall–Kier alpha value is 0.279. The Bertz CT molecular complexity index is 750. The van der Waals surface area contributed by atoms with Gasteiger partial charge in [0.25, 0.3) is 0 Å². The largest absolute Gasteiger partial charge is 4.00 e. The normalized spacial score (nSPS) is 11.5. The van der Waals surface area contributed by atoms with Crippen LogP contribution < -0.4 is 0 Å². The summed E-state index contributed by atoms with van der Waals surface area (Å²) in [5.74, 6) is -1.47. The van der Waals surface area contributed by atoms with Crippen molar-refractivity contribution in [1.82, 2.24) is 0 Å². The van der Waals surface area contributed by atoms with E-state index in [1.165, 1.54) is 0 Å². The van der Waals surface area contributed by atoms with E-state index in [9.17, 15) is 51.9 Å². The Morgan fingerprint density at radius 2 is 0.486 bits per heavy atom. The first-order chi connectivity index (χ1) is 16.2. The molecule has 0 aromatic rings. The van der Waals surface area contributed by atoms with Gasteiger partial charge in [-0.2, -0.15) is 0 Å². The predicted molar refractivity (Wildman–Crippen MR) is 129 cm³/mol. The molecule has 0 aromatic carbocycles. The van der Waals surface area contributed by atoms with Crippen LogP contribution in [0.3, 0.4) is 0 Å². The zero-order chi connectivity index (χ0) is 29.3. The second-order valence-electron chi connectivity index (χ2n) is 6.77. The van der Waals surface area contributed by atoms with Gasteiger partial charge in [0.1, 0.15) is 0 Å². The zero-order valence-electron chi connectivity index (χ0n) is 20.1. The summed E-state index contributed by atoms with van der Waals surface area (Å²) >= 11 is 0. The summed E-state index contributed by atoms with van der Waals surface area (Å²) < 4.78 is 118. The molecule has 0 rings (SSSR count). The average Bonchev–Trinajstić information content (AvgIpc) is 2.67. The van der Waals surface area contributed by atoms with Crippen molar-refractivity contribution in [2.24, 2.45) is 0 Å². The molecule has 0 bridgehead atoms. The molecule has 0 heterocycles. The first-order valence-corrected chi connectivity index (χ1v) is 16.7. The van der Waals surface area contributed by atoms with Gasteiger partial charge in [-0.25, -0.2) is 33.7 Å². The average molecular weight is 731 g/mol. The molecule has 0 saturated heterocycles. The molecule has 0 fully saturated rings.